The van der Waals surface area contributed by atoms with Crippen LogP contribution in [-0.2, 0) is 0 Å². The van der Waals surface area contributed by atoms with Crippen molar-refractivity contribution in [3.63, 3.8) is 0 Å². The summed E-state index contributed by atoms with van der Waals surface area (Å²) in [5.41, 5.74) is 9.45. The van der Waals surface area contributed by atoms with Crippen molar-refractivity contribution in [2.24, 2.45) is 5.73 Å². The SMILES string of the molecule is Cc1ccc2c(c1)C(N)CC(c1ccc(Cl)cc1Cl)O2. The zero-order valence-corrected chi connectivity index (χ0v) is 12.6. The summed E-state index contributed by atoms with van der Waals surface area (Å²) in [4.78, 5) is 0. The molecule has 2 nitrogen and oxygen atoms in total. The topological polar surface area (TPSA) is 35.2 Å². The lowest BCUT2D eigenvalue weighted by molar-refractivity contribution is 0.161. The van der Waals surface area contributed by atoms with E-state index in [0.29, 0.717) is 16.5 Å². The van der Waals surface area contributed by atoms with Gasteiger partial charge in [0, 0.05) is 33.6 Å². The molecule has 0 spiro atoms. The largest absolute Gasteiger partial charge is 0.485 e. The van der Waals surface area contributed by atoms with Crippen LogP contribution < -0.4 is 10.5 Å². The molecule has 2 aromatic carbocycles. The Bertz CT molecular complexity index is 657. The molecule has 1 heterocycles. The lowest BCUT2D eigenvalue weighted by Gasteiger charge is -2.31. The molecule has 20 heavy (non-hydrogen) atoms. The standard InChI is InChI=1S/C16H15Cl2NO/c1-9-2-5-15-12(6-9)14(19)8-16(20-15)11-4-3-10(17)7-13(11)18/h2-7,14,16H,8,19H2,1H3. The average Bonchev–Trinajstić information content (AvgIpc) is 2.39. The molecule has 0 amide bonds. The third-order valence-electron chi connectivity index (χ3n) is 3.61. The Labute approximate surface area is 128 Å². The fourth-order valence-corrected chi connectivity index (χ4v) is 3.11. The summed E-state index contributed by atoms with van der Waals surface area (Å²) < 4.78 is 6.06. The van der Waals surface area contributed by atoms with Gasteiger partial charge < -0.3 is 10.5 Å². The van der Waals surface area contributed by atoms with E-state index in [1.165, 1.54) is 5.56 Å². The van der Waals surface area contributed by atoms with Crippen LogP contribution in [0.4, 0.5) is 0 Å². The molecule has 2 unspecified atom stereocenters. The number of nitrogens with two attached hydrogens (primary N) is 1. The smallest absolute Gasteiger partial charge is 0.127 e. The molecule has 0 fully saturated rings. The molecule has 0 aliphatic carbocycles. The molecule has 0 saturated carbocycles. The predicted molar refractivity (Wildman–Crippen MR) is 82.6 cm³/mol. The Balaban J connectivity index is 1.97. The van der Waals surface area contributed by atoms with Crippen molar-refractivity contribution >= 4 is 23.2 Å². The number of benzene rings is 2. The van der Waals surface area contributed by atoms with Gasteiger partial charge in [-0.25, -0.2) is 0 Å². The minimum Gasteiger partial charge on any atom is -0.485 e. The third-order valence-corrected chi connectivity index (χ3v) is 4.17. The molecule has 3 rings (SSSR count). The molecule has 0 aromatic heterocycles. The summed E-state index contributed by atoms with van der Waals surface area (Å²) in [5.74, 6) is 0.838. The van der Waals surface area contributed by atoms with Crippen LogP contribution in [0.15, 0.2) is 36.4 Å². The second kappa shape index (κ2) is 5.28. The first kappa shape index (κ1) is 13.7. The number of hydrogen-bond donors (Lipinski definition) is 1. The van der Waals surface area contributed by atoms with Gasteiger partial charge >= 0.3 is 0 Å². The average molecular weight is 308 g/mol. The maximum absolute atomic E-state index is 6.27. The first-order chi connectivity index (χ1) is 9.54. The summed E-state index contributed by atoms with van der Waals surface area (Å²) in [6.07, 6.45) is 0.572. The minimum absolute atomic E-state index is 0.0459. The number of ether oxygens (including phenoxy) is 1. The molecule has 4 heteroatoms. The number of halogens is 2. The van der Waals surface area contributed by atoms with Gasteiger partial charge in [0.1, 0.15) is 11.9 Å². The van der Waals surface area contributed by atoms with Gasteiger partial charge in [-0.1, -0.05) is 47.0 Å². The van der Waals surface area contributed by atoms with Crippen molar-refractivity contribution < 1.29 is 4.74 Å². The molecule has 0 saturated heterocycles. The second-order valence-electron chi connectivity index (χ2n) is 5.16. The summed E-state index contributed by atoms with van der Waals surface area (Å²) in [6, 6.07) is 11.5. The minimum atomic E-state index is -0.134. The highest BCUT2D eigenvalue weighted by Crippen LogP contribution is 2.42. The van der Waals surface area contributed by atoms with E-state index >= 15 is 0 Å². The van der Waals surface area contributed by atoms with Gasteiger partial charge in [-0.3, -0.25) is 0 Å². The summed E-state index contributed by atoms with van der Waals surface area (Å²) in [5, 5.41) is 1.24. The molecule has 2 N–H and O–H groups in total. The normalized spacial score (nSPS) is 21.2. The molecular formula is C16H15Cl2NO. The number of aryl methyl sites for hydroxylation is 1. The first-order valence-corrected chi connectivity index (χ1v) is 7.28. The Hall–Kier alpha value is -1.22. The van der Waals surface area contributed by atoms with Gasteiger partial charge in [0.25, 0.3) is 0 Å². The molecule has 0 bridgehead atoms. The highest BCUT2D eigenvalue weighted by molar-refractivity contribution is 6.35. The Kier molecular flexibility index (Phi) is 3.63. The maximum Gasteiger partial charge on any atom is 0.127 e. The van der Waals surface area contributed by atoms with Crippen LogP contribution in [0.25, 0.3) is 0 Å². The van der Waals surface area contributed by atoms with Gasteiger partial charge in [0.2, 0.25) is 0 Å². The highest BCUT2D eigenvalue weighted by Gasteiger charge is 2.28. The lowest BCUT2D eigenvalue weighted by Crippen LogP contribution is -2.24. The van der Waals surface area contributed by atoms with E-state index in [1.54, 1.807) is 6.07 Å². The number of rotatable bonds is 1. The number of hydrogen-bond acceptors (Lipinski definition) is 2. The molecule has 2 aromatic rings. The predicted octanol–water partition coefficient (Wildman–Crippen LogP) is 4.83. The van der Waals surface area contributed by atoms with E-state index in [2.05, 4.69) is 13.0 Å². The van der Waals surface area contributed by atoms with Crippen molar-refractivity contribution in [1.29, 1.82) is 0 Å². The zero-order valence-electron chi connectivity index (χ0n) is 11.1. The van der Waals surface area contributed by atoms with Crippen LogP contribution in [-0.4, -0.2) is 0 Å². The maximum atomic E-state index is 6.27. The van der Waals surface area contributed by atoms with Crippen LogP contribution in [0.2, 0.25) is 10.0 Å². The quantitative estimate of drug-likeness (QED) is 0.819. The van der Waals surface area contributed by atoms with E-state index in [0.717, 1.165) is 16.9 Å². The van der Waals surface area contributed by atoms with Crippen molar-refractivity contribution in [3.05, 3.63) is 63.1 Å². The van der Waals surface area contributed by atoms with Gasteiger partial charge in [-0.2, -0.15) is 0 Å². The van der Waals surface area contributed by atoms with Gasteiger partial charge in [-0.05, 0) is 25.1 Å². The van der Waals surface area contributed by atoms with E-state index in [4.69, 9.17) is 33.7 Å². The molecular weight excluding hydrogens is 293 g/mol. The summed E-state index contributed by atoms with van der Waals surface area (Å²) in [6.45, 7) is 2.05. The summed E-state index contributed by atoms with van der Waals surface area (Å²) >= 11 is 12.2. The van der Waals surface area contributed by atoms with Crippen molar-refractivity contribution in [1.82, 2.24) is 0 Å². The Morgan fingerprint density at radius 2 is 1.90 bits per heavy atom. The zero-order chi connectivity index (χ0) is 14.3. The van der Waals surface area contributed by atoms with Crippen LogP contribution in [0, 0.1) is 6.92 Å². The first-order valence-electron chi connectivity index (χ1n) is 6.52. The van der Waals surface area contributed by atoms with E-state index < -0.39 is 0 Å². The third kappa shape index (κ3) is 2.51. The summed E-state index contributed by atoms with van der Waals surface area (Å²) in [7, 11) is 0. The fraction of sp³-hybridized carbons (Fsp3) is 0.250. The highest BCUT2D eigenvalue weighted by atomic mass is 35.5. The molecule has 1 aliphatic rings. The van der Waals surface area contributed by atoms with E-state index in [1.807, 2.05) is 24.3 Å². The monoisotopic (exact) mass is 307 g/mol. The Morgan fingerprint density at radius 1 is 1.10 bits per heavy atom. The van der Waals surface area contributed by atoms with Crippen LogP contribution >= 0.6 is 23.2 Å². The van der Waals surface area contributed by atoms with Crippen molar-refractivity contribution in [2.45, 2.75) is 25.5 Å². The molecule has 104 valence electrons. The Morgan fingerprint density at radius 3 is 2.65 bits per heavy atom. The van der Waals surface area contributed by atoms with Crippen LogP contribution in [0.5, 0.6) is 5.75 Å². The van der Waals surface area contributed by atoms with Crippen molar-refractivity contribution in [2.75, 3.05) is 0 Å². The molecule has 2 atom stereocenters. The lowest BCUT2D eigenvalue weighted by atomic mass is 9.92. The van der Waals surface area contributed by atoms with Crippen LogP contribution in [0.3, 0.4) is 0 Å². The second-order valence-corrected chi connectivity index (χ2v) is 6.00. The van der Waals surface area contributed by atoms with Crippen LogP contribution in [0.1, 0.15) is 35.3 Å². The van der Waals surface area contributed by atoms with Gasteiger partial charge in [0.05, 0.1) is 0 Å². The molecule has 1 aliphatic heterocycles. The number of fused-ring (bicyclic) bond motifs is 1. The van der Waals surface area contributed by atoms with Gasteiger partial charge in [0.15, 0.2) is 0 Å². The van der Waals surface area contributed by atoms with Gasteiger partial charge in [-0.15, -0.1) is 0 Å². The van der Waals surface area contributed by atoms with Crippen molar-refractivity contribution in [3.8, 4) is 5.75 Å². The van der Waals surface area contributed by atoms with E-state index in [9.17, 15) is 0 Å². The molecule has 0 radical (unpaired) electrons. The fourth-order valence-electron chi connectivity index (χ4n) is 2.58. The van der Waals surface area contributed by atoms with E-state index in [-0.39, 0.29) is 12.1 Å².